The largest absolute Gasteiger partial charge is 0.356 e. The summed E-state index contributed by atoms with van der Waals surface area (Å²) in [6.07, 6.45) is 8.23. The lowest BCUT2D eigenvalue weighted by molar-refractivity contribution is -0.121. The Morgan fingerprint density at radius 1 is 1.12 bits per heavy atom. The van der Waals surface area contributed by atoms with Crippen LogP contribution in [0.4, 0.5) is 4.39 Å². The fraction of sp³-hybridized carbons (Fsp3) is 0.346. The number of nitrogens with zero attached hydrogens (tertiary/aromatic N) is 2. The van der Waals surface area contributed by atoms with E-state index in [4.69, 9.17) is 11.6 Å². The number of benzene rings is 2. The van der Waals surface area contributed by atoms with E-state index in [-0.39, 0.29) is 47.1 Å². The van der Waals surface area contributed by atoms with E-state index in [0.29, 0.717) is 17.6 Å². The standard InChI is InChI=1S/C26H27ClFN3O2/c27-20-9-6-10-21(28)19(20)17-31-24-12-5-4-11-22(24)30-23(26(31)33)13-14-25(32)29-16-15-18-7-2-1-3-8-18/h4-7,9-12H,1-3,8,13-17H2,(H,29,32). The highest BCUT2D eigenvalue weighted by Crippen LogP contribution is 2.22. The molecule has 3 aromatic rings. The van der Waals surface area contributed by atoms with Crippen LogP contribution in [0.3, 0.4) is 0 Å². The van der Waals surface area contributed by atoms with Crippen molar-refractivity contribution in [2.75, 3.05) is 6.54 Å². The predicted molar refractivity (Wildman–Crippen MR) is 129 cm³/mol. The van der Waals surface area contributed by atoms with Gasteiger partial charge in [0.15, 0.2) is 0 Å². The molecule has 33 heavy (non-hydrogen) atoms. The molecule has 4 rings (SSSR count). The van der Waals surface area contributed by atoms with Crippen molar-refractivity contribution in [3.05, 3.63) is 86.6 Å². The number of fused-ring (bicyclic) bond motifs is 1. The first-order valence-corrected chi connectivity index (χ1v) is 11.8. The molecule has 1 aliphatic rings. The van der Waals surface area contributed by atoms with Gasteiger partial charge in [-0.15, -0.1) is 0 Å². The first kappa shape index (κ1) is 23.2. The van der Waals surface area contributed by atoms with Crippen molar-refractivity contribution in [1.29, 1.82) is 0 Å². The minimum Gasteiger partial charge on any atom is -0.356 e. The van der Waals surface area contributed by atoms with E-state index in [9.17, 15) is 14.0 Å². The third-order valence-corrected chi connectivity index (χ3v) is 6.39. The van der Waals surface area contributed by atoms with Crippen molar-refractivity contribution in [3.63, 3.8) is 0 Å². The Morgan fingerprint density at radius 2 is 1.97 bits per heavy atom. The summed E-state index contributed by atoms with van der Waals surface area (Å²) in [7, 11) is 0. The van der Waals surface area contributed by atoms with Crippen LogP contribution in [0.1, 0.15) is 49.8 Å². The minimum atomic E-state index is -0.468. The zero-order valence-electron chi connectivity index (χ0n) is 18.4. The van der Waals surface area contributed by atoms with E-state index in [1.54, 1.807) is 24.3 Å². The number of halogens is 2. The number of aromatic nitrogens is 2. The number of para-hydroxylation sites is 2. The second-order valence-corrected chi connectivity index (χ2v) is 8.75. The molecule has 0 atom stereocenters. The van der Waals surface area contributed by atoms with E-state index < -0.39 is 5.82 Å². The van der Waals surface area contributed by atoms with E-state index in [1.807, 2.05) is 6.07 Å². The molecule has 172 valence electrons. The van der Waals surface area contributed by atoms with Gasteiger partial charge in [0.05, 0.1) is 17.6 Å². The van der Waals surface area contributed by atoms with Gasteiger partial charge in [-0.3, -0.25) is 9.59 Å². The summed E-state index contributed by atoms with van der Waals surface area (Å²) < 4.78 is 15.9. The molecule has 0 aliphatic heterocycles. The molecule has 0 fully saturated rings. The Balaban J connectivity index is 1.50. The van der Waals surface area contributed by atoms with Crippen molar-refractivity contribution in [2.45, 2.75) is 51.5 Å². The number of rotatable bonds is 8. The van der Waals surface area contributed by atoms with Crippen LogP contribution >= 0.6 is 11.6 Å². The van der Waals surface area contributed by atoms with E-state index in [1.165, 1.54) is 35.1 Å². The summed E-state index contributed by atoms with van der Waals surface area (Å²) in [5, 5.41) is 3.20. The molecule has 1 aliphatic carbocycles. The zero-order valence-corrected chi connectivity index (χ0v) is 19.2. The van der Waals surface area contributed by atoms with Crippen LogP contribution in [0, 0.1) is 5.82 Å². The second kappa shape index (κ2) is 10.8. The van der Waals surface area contributed by atoms with Gasteiger partial charge >= 0.3 is 0 Å². The first-order chi connectivity index (χ1) is 16.0. The van der Waals surface area contributed by atoms with Crippen LogP contribution < -0.4 is 10.9 Å². The van der Waals surface area contributed by atoms with E-state index in [0.717, 1.165) is 19.3 Å². The number of nitrogens with one attached hydrogen (secondary N) is 1. The maximum atomic E-state index is 14.4. The van der Waals surface area contributed by atoms with Crippen LogP contribution in [-0.2, 0) is 17.8 Å². The normalized spacial score (nSPS) is 13.7. The number of aryl methyl sites for hydroxylation is 1. The fourth-order valence-corrected chi connectivity index (χ4v) is 4.44. The van der Waals surface area contributed by atoms with E-state index >= 15 is 0 Å². The third kappa shape index (κ3) is 5.69. The Morgan fingerprint density at radius 3 is 2.76 bits per heavy atom. The maximum absolute atomic E-state index is 14.4. The molecular formula is C26H27ClFN3O2. The van der Waals surface area contributed by atoms with Crippen molar-refractivity contribution < 1.29 is 9.18 Å². The van der Waals surface area contributed by atoms with Crippen LogP contribution in [0.5, 0.6) is 0 Å². The van der Waals surface area contributed by atoms with Crippen LogP contribution in [0.15, 0.2) is 58.9 Å². The van der Waals surface area contributed by atoms with Crippen LogP contribution in [0.25, 0.3) is 11.0 Å². The highest BCUT2D eigenvalue weighted by molar-refractivity contribution is 6.31. The molecule has 0 bridgehead atoms. The Kier molecular flexibility index (Phi) is 7.55. The molecule has 5 nitrogen and oxygen atoms in total. The lowest BCUT2D eigenvalue weighted by atomic mass is 9.97. The maximum Gasteiger partial charge on any atom is 0.273 e. The summed E-state index contributed by atoms with van der Waals surface area (Å²) in [6.45, 7) is 0.591. The molecule has 0 spiro atoms. The summed E-state index contributed by atoms with van der Waals surface area (Å²) in [5.74, 6) is -0.575. The van der Waals surface area contributed by atoms with Gasteiger partial charge in [0.25, 0.3) is 5.56 Å². The summed E-state index contributed by atoms with van der Waals surface area (Å²) in [6, 6.07) is 11.7. The summed E-state index contributed by atoms with van der Waals surface area (Å²) in [4.78, 5) is 30.1. The van der Waals surface area contributed by atoms with Gasteiger partial charge in [-0.1, -0.05) is 41.4 Å². The average Bonchev–Trinajstić information content (AvgIpc) is 2.82. The van der Waals surface area contributed by atoms with Crippen LogP contribution in [-0.4, -0.2) is 22.0 Å². The molecule has 1 aromatic heterocycles. The summed E-state index contributed by atoms with van der Waals surface area (Å²) >= 11 is 6.20. The number of hydrogen-bond acceptors (Lipinski definition) is 3. The monoisotopic (exact) mass is 467 g/mol. The van der Waals surface area contributed by atoms with Gasteiger partial charge in [-0.2, -0.15) is 0 Å². The SMILES string of the molecule is O=C(CCc1nc2ccccc2n(Cc2c(F)cccc2Cl)c1=O)NCCC1=CCCCC1. The molecular weight excluding hydrogens is 441 g/mol. The molecule has 0 saturated carbocycles. The third-order valence-electron chi connectivity index (χ3n) is 6.04. The number of carbonyl (C=O) groups excluding carboxylic acids is 1. The molecule has 1 N–H and O–H groups in total. The highest BCUT2D eigenvalue weighted by atomic mass is 35.5. The van der Waals surface area contributed by atoms with Crippen LogP contribution in [0.2, 0.25) is 5.02 Å². The summed E-state index contributed by atoms with van der Waals surface area (Å²) in [5.41, 5.74) is 2.81. The second-order valence-electron chi connectivity index (χ2n) is 8.35. The zero-order chi connectivity index (χ0) is 23.2. The van der Waals surface area contributed by atoms with Gasteiger partial charge in [-0.25, -0.2) is 9.37 Å². The highest BCUT2D eigenvalue weighted by Gasteiger charge is 2.16. The fourth-order valence-electron chi connectivity index (χ4n) is 4.22. The topological polar surface area (TPSA) is 64.0 Å². The van der Waals surface area contributed by atoms with Crippen molar-refractivity contribution in [1.82, 2.24) is 14.9 Å². The van der Waals surface area contributed by atoms with Gasteiger partial charge < -0.3 is 9.88 Å². The van der Waals surface area contributed by atoms with Crippen molar-refractivity contribution >= 4 is 28.5 Å². The Labute approximate surface area is 197 Å². The molecule has 1 heterocycles. The predicted octanol–water partition coefficient (Wildman–Crippen LogP) is 5.18. The van der Waals surface area contributed by atoms with E-state index in [2.05, 4.69) is 16.4 Å². The Hall–Kier alpha value is -2.99. The molecule has 2 aromatic carbocycles. The van der Waals surface area contributed by atoms with Crippen molar-refractivity contribution in [2.24, 2.45) is 0 Å². The molecule has 0 radical (unpaired) electrons. The van der Waals surface area contributed by atoms with Gasteiger partial charge in [0.1, 0.15) is 11.5 Å². The minimum absolute atomic E-state index is 0.0122. The molecule has 0 saturated heterocycles. The lowest BCUT2D eigenvalue weighted by Gasteiger charge is -2.14. The van der Waals surface area contributed by atoms with Gasteiger partial charge in [-0.05, 0) is 56.4 Å². The quantitative estimate of drug-likeness (QED) is 0.464. The van der Waals surface area contributed by atoms with Gasteiger partial charge in [0, 0.05) is 30.0 Å². The first-order valence-electron chi connectivity index (χ1n) is 11.4. The molecule has 0 unspecified atom stereocenters. The number of hydrogen-bond donors (Lipinski definition) is 1. The molecule has 1 amide bonds. The average molecular weight is 468 g/mol. The van der Waals surface area contributed by atoms with Gasteiger partial charge in [0.2, 0.25) is 5.91 Å². The van der Waals surface area contributed by atoms with Crippen molar-refractivity contribution in [3.8, 4) is 0 Å². The number of carbonyl (C=O) groups is 1. The Bertz CT molecular complexity index is 1230. The molecule has 7 heteroatoms. The number of allylic oxidation sites excluding steroid dienone is 1. The number of amides is 1. The smallest absolute Gasteiger partial charge is 0.273 e. The lowest BCUT2D eigenvalue weighted by Crippen LogP contribution is -2.29.